The summed E-state index contributed by atoms with van der Waals surface area (Å²) < 4.78 is 51.6. The van der Waals surface area contributed by atoms with Gasteiger partial charge >= 0.3 is 6.18 Å². The van der Waals surface area contributed by atoms with E-state index in [9.17, 15) is 18.0 Å². The average molecular weight is 438 g/mol. The van der Waals surface area contributed by atoms with Crippen molar-refractivity contribution in [2.45, 2.75) is 17.9 Å². The van der Waals surface area contributed by atoms with E-state index in [0.717, 1.165) is 23.9 Å². The molecule has 0 atom stereocenters. The lowest BCUT2D eigenvalue weighted by atomic mass is 10.2. The second-order valence-corrected chi connectivity index (χ2v) is 6.94. The zero-order valence-corrected chi connectivity index (χ0v) is 16.5. The van der Waals surface area contributed by atoms with Crippen molar-refractivity contribution < 1.29 is 27.4 Å². The van der Waals surface area contributed by atoms with Gasteiger partial charge in [0.25, 0.3) is 0 Å². The van der Waals surface area contributed by atoms with Crippen molar-refractivity contribution in [1.29, 1.82) is 0 Å². The normalized spacial score (nSPS) is 11.3. The maximum atomic E-state index is 13.2. The van der Waals surface area contributed by atoms with E-state index < -0.39 is 17.6 Å². The Morgan fingerprint density at radius 2 is 1.83 bits per heavy atom. The number of nitrogens with zero attached hydrogens (tertiary/aromatic N) is 3. The van der Waals surface area contributed by atoms with Gasteiger partial charge in [0.05, 0.1) is 24.1 Å². The Hall–Kier alpha value is -3.21. The third-order valence-corrected chi connectivity index (χ3v) is 4.85. The highest BCUT2D eigenvalue weighted by Gasteiger charge is 2.31. The minimum Gasteiger partial charge on any atom is -0.497 e. The van der Waals surface area contributed by atoms with Crippen LogP contribution in [0.25, 0.3) is 5.69 Å². The zero-order valence-electron chi connectivity index (χ0n) is 15.7. The molecule has 158 valence electrons. The highest BCUT2D eigenvalue weighted by atomic mass is 32.2. The average Bonchev–Trinajstić information content (AvgIpc) is 3.13. The van der Waals surface area contributed by atoms with Crippen molar-refractivity contribution in [3.8, 4) is 17.2 Å². The zero-order chi connectivity index (χ0) is 21.7. The van der Waals surface area contributed by atoms with Crippen LogP contribution in [0.4, 0.5) is 13.2 Å². The molecule has 0 aliphatic carbocycles. The molecule has 30 heavy (non-hydrogen) atoms. The van der Waals surface area contributed by atoms with Crippen LogP contribution in [0, 0.1) is 0 Å². The number of ether oxygens (including phenoxy) is 2. The summed E-state index contributed by atoms with van der Waals surface area (Å²) >= 11 is 0.972. The number of primary amides is 1. The molecule has 0 aliphatic rings. The Labute approximate surface area is 174 Å². The highest BCUT2D eigenvalue weighted by molar-refractivity contribution is 7.99. The molecule has 0 saturated heterocycles. The molecule has 1 aromatic heterocycles. The number of halogens is 3. The molecule has 2 aromatic carbocycles. The molecule has 7 nitrogen and oxygen atoms in total. The van der Waals surface area contributed by atoms with Crippen molar-refractivity contribution in [3.05, 3.63) is 59.9 Å². The summed E-state index contributed by atoms with van der Waals surface area (Å²) in [6, 6.07) is 11.5. The Kier molecular flexibility index (Phi) is 6.50. The van der Waals surface area contributed by atoms with Crippen LogP contribution in [0.15, 0.2) is 53.7 Å². The maximum absolute atomic E-state index is 13.2. The van der Waals surface area contributed by atoms with Gasteiger partial charge in [0.1, 0.15) is 18.1 Å². The Morgan fingerprint density at radius 3 is 2.47 bits per heavy atom. The number of aromatic nitrogens is 3. The Morgan fingerprint density at radius 1 is 1.13 bits per heavy atom. The third-order valence-electron chi connectivity index (χ3n) is 3.90. The molecule has 0 bridgehead atoms. The van der Waals surface area contributed by atoms with Gasteiger partial charge in [0, 0.05) is 0 Å². The number of carbonyl (C=O) groups excluding carboxylic acids is 1. The lowest BCUT2D eigenvalue weighted by Gasteiger charge is -2.13. The molecule has 0 saturated carbocycles. The summed E-state index contributed by atoms with van der Waals surface area (Å²) in [5.74, 6) is 0.739. The molecule has 11 heteroatoms. The van der Waals surface area contributed by atoms with Gasteiger partial charge in [-0.3, -0.25) is 9.36 Å². The molecule has 0 aliphatic heterocycles. The molecule has 3 aromatic rings. The summed E-state index contributed by atoms with van der Waals surface area (Å²) in [4.78, 5) is 11.1. The van der Waals surface area contributed by atoms with Gasteiger partial charge in [-0.15, -0.1) is 10.2 Å². The standard InChI is InChI=1S/C19H17F3N4O3S/c1-28-14-5-7-15(8-6-14)29-10-17-24-25-18(30-11-16(23)27)26(17)13-4-2-3-12(9-13)19(20,21)22/h2-9H,10-11H2,1H3,(H2,23,27). The second kappa shape index (κ2) is 9.08. The van der Waals surface area contributed by atoms with Gasteiger partial charge in [-0.05, 0) is 42.5 Å². The molecule has 1 amide bonds. The van der Waals surface area contributed by atoms with Crippen molar-refractivity contribution >= 4 is 17.7 Å². The second-order valence-electron chi connectivity index (χ2n) is 6.00. The first kappa shape index (κ1) is 21.5. The van der Waals surface area contributed by atoms with E-state index in [1.54, 1.807) is 31.4 Å². The van der Waals surface area contributed by atoms with E-state index >= 15 is 0 Å². The van der Waals surface area contributed by atoms with Crippen LogP contribution in [0.2, 0.25) is 0 Å². The first-order valence-electron chi connectivity index (χ1n) is 8.58. The van der Waals surface area contributed by atoms with E-state index in [2.05, 4.69) is 10.2 Å². The van der Waals surface area contributed by atoms with E-state index in [1.807, 2.05) is 0 Å². The van der Waals surface area contributed by atoms with Gasteiger partial charge in [-0.2, -0.15) is 13.2 Å². The van der Waals surface area contributed by atoms with Gasteiger partial charge in [0.15, 0.2) is 11.0 Å². The highest BCUT2D eigenvalue weighted by Crippen LogP contribution is 2.32. The van der Waals surface area contributed by atoms with Gasteiger partial charge in [-0.25, -0.2) is 0 Å². The van der Waals surface area contributed by atoms with Crippen LogP contribution < -0.4 is 15.2 Å². The van der Waals surface area contributed by atoms with Crippen molar-refractivity contribution in [3.63, 3.8) is 0 Å². The number of carbonyl (C=O) groups is 1. The molecule has 1 heterocycles. The summed E-state index contributed by atoms with van der Waals surface area (Å²) in [5, 5.41) is 8.23. The number of amides is 1. The van der Waals surface area contributed by atoms with Crippen LogP contribution in [0.5, 0.6) is 11.5 Å². The van der Waals surface area contributed by atoms with Crippen molar-refractivity contribution in [2.75, 3.05) is 12.9 Å². The molecule has 0 radical (unpaired) electrons. The molecular weight excluding hydrogens is 421 g/mol. The number of alkyl halides is 3. The van der Waals surface area contributed by atoms with Crippen LogP contribution in [0.3, 0.4) is 0 Å². The smallest absolute Gasteiger partial charge is 0.416 e. The predicted molar refractivity (Wildman–Crippen MR) is 104 cm³/mol. The third kappa shape index (κ3) is 5.23. The molecular formula is C19H17F3N4O3S. The Bertz CT molecular complexity index is 1020. The lowest BCUT2D eigenvalue weighted by molar-refractivity contribution is -0.137. The van der Waals surface area contributed by atoms with Crippen LogP contribution in [-0.2, 0) is 17.6 Å². The number of benzene rings is 2. The molecule has 0 spiro atoms. The van der Waals surface area contributed by atoms with Gasteiger partial charge in [-0.1, -0.05) is 17.8 Å². The Balaban J connectivity index is 1.92. The van der Waals surface area contributed by atoms with E-state index in [-0.39, 0.29) is 29.0 Å². The number of thioether (sulfide) groups is 1. The number of rotatable bonds is 8. The summed E-state index contributed by atoms with van der Waals surface area (Å²) in [7, 11) is 1.54. The predicted octanol–water partition coefficient (Wildman–Crippen LogP) is 3.45. The summed E-state index contributed by atoms with van der Waals surface area (Å²) in [6.07, 6.45) is -4.51. The number of hydrogen-bond donors (Lipinski definition) is 1. The van der Waals surface area contributed by atoms with Crippen LogP contribution in [0.1, 0.15) is 11.4 Å². The molecule has 0 unspecified atom stereocenters. The first-order valence-corrected chi connectivity index (χ1v) is 9.56. The monoisotopic (exact) mass is 438 g/mol. The summed E-state index contributed by atoms with van der Waals surface area (Å²) in [6.45, 7) is -0.0628. The largest absolute Gasteiger partial charge is 0.497 e. The maximum Gasteiger partial charge on any atom is 0.416 e. The van der Waals surface area contributed by atoms with Crippen molar-refractivity contribution in [2.24, 2.45) is 5.73 Å². The van der Waals surface area contributed by atoms with Gasteiger partial charge in [0.2, 0.25) is 5.91 Å². The van der Waals surface area contributed by atoms with Crippen LogP contribution in [-0.4, -0.2) is 33.5 Å². The fourth-order valence-electron chi connectivity index (χ4n) is 2.52. The number of hydrogen-bond acceptors (Lipinski definition) is 6. The minimum atomic E-state index is -4.51. The molecule has 3 rings (SSSR count). The fraction of sp³-hybridized carbons (Fsp3) is 0.211. The number of methoxy groups -OCH3 is 1. The van der Waals surface area contributed by atoms with Gasteiger partial charge < -0.3 is 15.2 Å². The van der Waals surface area contributed by atoms with Crippen molar-refractivity contribution in [1.82, 2.24) is 14.8 Å². The fourth-order valence-corrected chi connectivity index (χ4v) is 3.23. The minimum absolute atomic E-state index is 0.0628. The molecule has 0 fully saturated rings. The SMILES string of the molecule is COc1ccc(OCc2nnc(SCC(N)=O)n2-c2cccc(C(F)(F)F)c2)cc1. The topological polar surface area (TPSA) is 92.3 Å². The lowest BCUT2D eigenvalue weighted by Crippen LogP contribution is -2.14. The van der Waals surface area contributed by atoms with E-state index in [0.29, 0.717) is 11.5 Å². The first-order chi connectivity index (χ1) is 14.3. The molecule has 2 N–H and O–H groups in total. The quantitative estimate of drug-likeness (QED) is 0.542. The van der Waals surface area contributed by atoms with E-state index in [4.69, 9.17) is 15.2 Å². The number of nitrogens with two attached hydrogens (primary N) is 1. The van der Waals surface area contributed by atoms with E-state index in [1.165, 1.54) is 16.7 Å². The van der Waals surface area contributed by atoms with Crippen LogP contribution >= 0.6 is 11.8 Å². The summed E-state index contributed by atoms with van der Waals surface area (Å²) in [5.41, 5.74) is 4.55.